The molecule has 0 radical (unpaired) electrons. The molecule has 16 heavy (non-hydrogen) atoms. The van der Waals surface area contributed by atoms with Gasteiger partial charge in [0, 0.05) is 11.8 Å². The van der Waals surface area contributed by atoms with Crippen molar-refractivity contribution in [2.45, 2.75) is 12.8 Å². The molecule has 0 N–H and O–H groups in total. The molecular weight excluding hydrogens is 335 g/mol. The van der Waals surface area contributed by atoms with Crippen LogP contribution in [0.4, 0.5) is 14.5 Å². The van der Waals surface area contributed by atoms with Crippen LogP contribution >= 0.6 is 22.6 Å². The van der Waals surface area contributed by atoms with Gasteiger partial charge >= 0.3 is 5.69 Å². The van der Waals surface area contributed by atoms with Crippen molar-refractivity contribution in [3.8, 4) is 6.07 Å². The van der Waals surface area contributed by atoms with Crippen LogP contribution in [0.25, 0.3) is 0 Å². The summed E-state index contributed by atoms with van der Waals surface area (Å²) in [6, 6.07) is 1.67. The predicted molar refractivity (Wildman–Crippen MR) is 57.9 cm³/mol. The van der Waals surface area contributed by atoms with Gasteiger partial charge in [0.05, 0.1) is 17.4 Å². The van der Waals surface area contributed by atoms with Gasteiger partial charge in [-0.05, 0) is 22.6 Å². The van der Waals surface area contributed by atoms with Crippen LogP contribution in [0.15, 0.2) is 6.20 Å². The largest absolute Gasteiger partial charge is 0.310 e. The van der Waals surface area contributed by atoms with E-state index in [0.29, 0.717) is 0 Å². The molecule has 0 bridgehead atoms. The first-order valence-electron chi connectivity index (χ1n) is 3.95. The molecule has 0 spiro atoms. The second kappa shape index (κ2) is 5.11. The number of halogens is 3. The Hall–Kier alpha value is -1.37. The second-order valence-corrected chi connectivity index (χ2v) is 3.75. The van der Waals surface area contributed by atoms with E-state index in [4.69, 9.17) is 5.26 Å². The third-order valence-electron chi connectivity index (χ3n) is 1.80. The maximum Gasteiger partial charge on any atom is 0.310 e. The van der Waals surface area contributed by atoms with Gasteiger partial charge in [-0.3, -0.25) is 10.1 Å². The third-order valence-corrected chi connectivity index (χ3v) is 2.59. The highest BCUT2D eigenvalue weighted by atomic mass is 127. The summed E-state index contributed by atoms with van der Waals surface area (Å²) in [4.78, 5) is 13.4. The normalized spacial score (nSPS) is 10.2. The molecule has 1 heterocycles. The molecule has 0 fully saturated rings. The van der Waals surface area contributed by atoms with E-state index in [0.717, 1.165) is 6.20 Å². The first kappa shape index (κ1) is 12.7. The van der Waals surface area contributed by atoms with Crippen LogP contribution in [-0.2, 0) is 6.42 Å². The Bertz CT molecular complexity index is 473. The van der Waals surface area contributed by atoms with Crippen molar-refractivity contribution in [2.75, 3.05) is 0 Å². The first-order chi connectivity index (χ1) is 7.49. The van der Waals surface area contributed by atoms with Gasteiger partial charge in [-0.15, -0.1) is 0 Å². The summed E-state index contributed by atoms with van der Waals surface area (Å²) in [5, 5.41) is 19.1. The molecule has 0 aliphatic rings. The van der Waals surface area contributed by atoms with Crippen LogP contribution in [0.1, 0.15) is 17.6 Å². The molecule has 0 saturated carbocycles. The number of nitriles is 1. The molecule has 0 aliphatic carbocycles. The van der Waals surface area contributed by atoms with Crippen LogP contribution in [0.2, 0.25) is 0 Å². The van der Waals surface area contributed by atoms with Crippen LogP contribution in [0, 0.1) is 25.1 Å². The fourth-order valence-corrected chi connectivity index (χ4v) is 1.80. The molecule has 0 aromatic carbocycles. The molecule has 1 aromatic rings. The second-order valence-electron chi connectivity index (χ2n) is 2.73. The van der Waals surface area contributed by atoms with E-state index >= 15 is 0 Å². The van der Waals surface area contributed by atoms with Gasteiger partial charge in [0.2, 0.25) is 0 Å². The summed E-state index contributed by atoms with van der Waals surface area (Å²) < 4.78 is 25.3. The van der Waals surface area contributed by atoms with Gasteiger partial charge in [-0.1, -0.05) is 0 Å². The maximum atomic E-state index is 12.7. The summed E-state index contributed by atoms with van der Waals surface area (Å²) >= 11 is 1.51. The number of nitrogens with zero attached hydrogens (tertiary/aromatic N) is 3. The summed E-state index contributed by atoms with van der Waals surface area (Å²) in [7, 11) is 0. The van der Waals surface area contributed by atoms with E-state index in [-0.39, 0.29) is 15.7 Å². The minimum absolute atomic E-state index is 0.107. The van der Waals surface area contributed by atoms with Gasteiger partial charge in [0.1, 0.15) is 5.56 Å². The van der Waals surface area contributed by atoms with Crippen LogP contribution < -0.4 is 0 Å². The Morgan fingerprint density at radius 1 is 1.69 bits per heavy atom. The van der Waals surface area contributed by atoms with Crippen LogP contribution in [0.3, 0.4) is 0 Å². The number of nitro groups is 1. The number of aromatic nitrogens is 1. The summed E-state index contributed by atoms with van der Waals surface area (Å²) in [5.41, 5.74) is -1.54. The van der Waals surface area contributed by atoms with Gasteiger partial charge in [0.25, 0.3) is 6.43 Å². The van der Waals surface area contributed by atoms with Crippen molar-refractivity contribution in [1.82, 2.24) is 4.98 Å². The van der Waals surface area contributed by atoms with Crippen molar-refractivity contribution in [3.05, 3.63) is 31.1 Å². The van der Waals surface area contributed by atoms with E-state index in [1.807, 2.05) is 0 Å². The fraction of sp³-hybridized carbons (Fsp3) is 0.250. The van der Waals surface area contributed by atoms with Crippen molar-refractivity contribution in [3.63, 3.8) is 0 Å². The van der Waals surface area contributed by atoms with Crippen molar-refractivity contribution >= 4 is 28.3 Å². The summed E-state index contributed by atoms with van der Waals surface area (Å²) in [6.45, 7) is 0. The highest BCUT2D eigenvalue weighted by molar-refractivity contribution is 14.1. The zero-order valence-corrected chi connectivity index (χ0v) is 9.81. The fourth-order valence-electron chi connectivity index (χ4n) is 1.17. The number of hydrogen-bond acceptors (Lipinski definition) is 4. The minimum Gasteiger partial charge on any atom is -0.258 e. The monoisotopic (exact) mass is 339 g/mol. The van der Waals surface area contributed by atoms with Crippen molar-refractivity contribution in [2.24, 2.45) is 0 Å². The maximum absolute atomic E-state index is 12.7. The van der Waals surface area contributed by atoms with Crippen LogP contribution in [0.5, 0.6) is 0 Å². The van der Waals surface area contributed by atoms with E-state index in [9.17, 15) is 18.9 Å². The summed E-state index contributed by atoms with van der Waals surface area (Å²) in [6.07, 6.45) is -2.26. The molecule has 1 aromatic heterocycles. The molecule has 0 atom stereocenters. The van der Waals surface area contributed by atoms with E-state index in [1.54, 1.807) is 6.07 Å². The molecule has 0 aliphatic heterocycles. The zero-order valence-electron chi connectivity index (χ0n) is 7.65. The smallest absolute Gasteiger partial charge is 0.258 e. The predicted octanol–water partition coefficient (Wildman–Crippen LogP) is 2.60. The van der Waals surface area contributed by atoms with Crippen LogP contribution in [-0.4, -0.2) is 9.91 Å². The molecule has 1 rings (SSSR count). The average molecular weight is 339 g/mol. The molecule has 0 amide bonds. The lowest BCUT2D eigenvalue weighted by molar-refractivity contribution is -0.387. The van der Waals surface area contributed by atoms with E-state index < -0.39 is 22.6 Å². The lowest BCUT2D eigenvalue weighted by Gasteiger charge is -2.07. The lowest BCUT2D eigenvalue weighted by atomic mass is 10.1. The number of hydrogen-bond donors (Lipinski definition) is 0. The quantitative estimate of drug-likeness (QED) is 0.367. The molecule has 84 valence electrons. The minimum atomic E-state index is -3.00. The van der Waals surface area contributed by atoms with Gasteiger partial charge in [-0.25, -0.2) is 13.8 Å². The number of alkyl halides is 2. The SMILES string of the molecule is N#CCc1cnc(I)c([N+](=O)[O-])c1C(F)F. The van der Waals surface area contributed by atoms with E-state index in [1.165, 1.54) is 22.6 Å². The van der Waals surface area contributed by atoms with Gasteiger partial charge < -0.3 is 0 Å². The summed E-state index contributed by atoms with van der Waals surface area (Å²) in [5.74, 6) is 0. The molecule has 5 nitrogen and oxygen atoms in total. The Labute approximate surface area is 102 Å². The Morgan fingerprint density at radius 2 is 2.31 bits per heavy atom. The molecule has 0 unspecified atom stereocenters. The Balaban J connectivity index is 3.51. The molecular formula is C8H4F2IN3O2. The first-order valence-corrected chi connectivity index (χ1v) is 5.03. The number of rotatable bonds is 3. The lowest BCUT2D eigenvalue weighted by Crippen LogP contribution is -2.05. The highest BCUT2D eigenvalue weighted by Crippen LogP contribution is 2.34. The third kappa shape index (κ3) is 2.41. The highest BCUT2D eigenvalue weighted by Gasteiger charge is 2.29. The van der Waals surface area contributed by atoms with Crippen molar-refractivity contribution in [1.29, 1.82) is 5.26 Å². The number of pyridine rings is 1. The molecule has 8 heteroatoms. The standard InChI is InChI=1S/C8H4F2IN3O2/c9-7(10)5-4(1-2-12)3-13-8(11)6(5)14(15)16/h3,7H,1H2. The Morgan fingerprint density at radius 3 is 2.75 bits per heavy atom. The topological polar surface area (TPSA) is 79.8 Å². The van der Waals surface area contributed by atoms with E-state index in [2.05, 4.69) is 4.98 Å². The Kier molecular flexibility index (Phi) is 4.05. The molecule has 0 saturated heterocycles. The van der Waals surface area contributed by atoms with Gasteiger partial charge in [0.15, 0.2) is 3.70 Å². The zero-order chi connectivity index (χ0) is 12.3. The average Bonchev–Trinajstić information content (AvgIpc) is 2.19. The van der Waals surface area contributed by atoms with Crippen molar-refractivity contribution < 1.29 is 13.7 Å². The van der Waals surface area contributed by atoms with Gasteiger partial charge in [-0.2, -0.15) is 5.26 Å².